The number of aliphatic hydroxyl groups excluding tert-OH is 1. The summed E-state index contributed by atoms with van der Waals surface area (Å²) >= 11 is 0. The molecule has 1 saturated heterocycles. The van der Waals surface area contributed by atoms with Crippen LogP contribution < -0.4 is 11.1 Å². The molecule has 0 aromatic heterocycles. The van der Waals surface area contributed by atoms with Crippen molar-refractivity contribution >= 4 is 5.91 Å². The average molecular weight is 306 g/mol. The lowest BCUT2D eigenvalue weighted by molar-refractivity contribution is -0.131. The van der Waals surface area contributed by atoms with E-state index in [1.54, 1.807) is 6.92 Å². The first-order valence-corrected chi connectivity index (χ1v) is 7.96. The molecule has 1 aromatic carbocycles. The van der Waals surface area contributed by atoms with Crippen molar-refractivity contribution in [3.05, 3.63) is 35.9 Å². The van der Waals surface area contributed by atoms with Crippen LogP contribution >= 0.6 is 0 Å². The van der Waals surface area contributed by atoms with Gasteiger partial charge in [-0.05, 0) is 31.7 Å². The third-order valence-electron chi connectivity index (χ3n) is 4.08. The van der Waals surface area contributed by atoms with Gasteiger partial charge in [-0.15, -0.1) is 0 Å². The van der Waals surface area contributed by atoms with Gasteiger partial charge in [-0.2, -0.15) is 0 Å². The van der Waals surface area contributed by atoms with E-state index in [1.165, 1.54) is 0 Å². The number of aliphatic hydroxyl groups is 1. The Labute approximate surface area is 131 Å². The molecule has 0 aliphatic carbocycles. The van der Waals surface area contributed by atoms with Crippen LogP contribution in [0, 0.1) is 0 Å². The van der Waals surface area contributed by atoms with Crippen LogP contribution in [0.2, 0.25) is 0 Å². The maximum atomic E-state index is 12.2. The van der Waals surface area contributed by atoms with Crippen LogP contribution in [0.15, 0.2) is 30.3 Å². The highest BCUT2D eigenvalue weighted by Gasteiger charge is 2.30. The summed E-state index contributed by atoms with van der Waals surface area (Å²) in [7, 11) is 0. The molecule has 5 nitrogen and oxygen atoms in total. The van der Waals surface area contributed by atoms with Crippen LogP contribution in [0.5, 0.6) is 0 Å². The molecule has 2 rings (SSSR count). The smallest absolute Gasteiger partial charge is 0.249 e. The fourth-order valence-electron chi connectivity index (χ4n) is 2.88. The summed E-state index contributed by atoms with van der Waals surface area (Å²) in [6.07, 6.45) is 1.37. The first-order chi connectivity index (χ1) is 10.6. The molecule has 2 unspecified atom stereocenters. The topological polar surface area (TPSA) is 84.6 Å². The van der Waals surface area contributed by atoms with Crippen LogP contribution in [0.4, 0.5) is 0 Å². The minimum absolute atomic E-state index is 0.00173. The third kappa shape index (κ3) is 4.80. The Morgan fingerprint density at radius 3 is 2.73 bits per heavy atom. The van der Waals surface area contributed by atoms with Gasteiger partial charge in [-0.25, -0.2) is 0 Å². The fraction of sp³-hybridized carbons (Fsp3) is 0.588. The van der Waals surface area contributed by atoms with Gasteiger partial charge < -0.3 is 20.9 Å². The summed E-state index contributed by atoms with van der Waals surface area (Å²) in [4.78, 5) is 12.2. The minimum Gasteiger partial charge on any atom is -0.393 e. The number of hydrogen-bond donors (Lipinski definition) is 3. The Morgan fingerprint density at radius 2 is 2.14 bits per heavy atom. The van der Waals surface area contributed by atoms with Gasteiger partial charge >= 0.3 is 0 Å². The summed E-state index contributed by atoms with van der Waals surface area (Å²) in [6, 6.07) is 9.95. The van der Waals surface area contributed by atoms with E-state index in [4.69, 9.17) is 10.5 Å². The van der Waals surface area contributed by atoms with E-state index in [0.717, 1.165) is 18.4 Å². The highest BCUT2D eigenvalue weighted by atomic mass is 16.5. The van der Waals surface area contributed by atoms with Crippen LogP contribution in [-0.4, -0.2) is 42.4 Å². The number of rotatable bonds is 7. The van der Waals surface area contributed by atoms with Crippen molar-refractivity contribution in [2.75, 3.05) is 13.1 Å². The second kappa shape index (κ2) is 8.27. The van der Waals surface area contributed by atoms with Crippen LogP contribution in [0.1, 0.15) is 37.7 Å². The van der Waals surface area contributed by atoms with Crippen molar-refractivity contribution in [3.8, 4) is 0 Å². The van der Waals surface area contributed by atoms with E-state index in [-0.39, 0.29) is 17.9 Å². The lowest BCUT2D eigenvalue weighted by Crippen LogP contribution is -2.38. The van der Waals surface area contributed by atoms with Gasteiger partial charge in [0.15, 0.2) is 0 Å². The Bertz CT molecular complexity index is 464. The Kier molecular flexibility index (Phi) is 6.36. The van der Waals surface area contributed by atoms with E-state index in [1.807, 2.05) is 30.3 Å². The van der Waals surface area contributed by atoms with Gasteiger partial charge in [0.1, 0.15) is 6.10 Å². The Balaban J connectivity index is 1.90. The molecule has 1 heterocycles. The van der Waals surface area contributed by atoms with Gasteiger partial charge in [0.2, 0.25) is 5.91 Å². The monoisotopic (exact) mass is 306 g/mol. The molecule has 0 bridgehead atoms. The number of hydrogen-bond acceptors (Lipinski definition) is 4. The van der Waals surface area contributed by atoms with Crippen molar-refractivity contribution < 1.29 is 14.6 Å². The molecular formula is C17H26N2O3. The SMILES string of the molecule is CC(O)CC(CNC(=O)[C@@H]1CC[C@H](CN)O1)c1ccccc1. The molecule has 4 N–H and O–H groups in total. The largest absolute Gasteiger partial charge is 0.393 e. The minimum atomic E-state index is -0.411. The van der Waals surface area contributed by atoms with Gasteiger partial charge in [0.25, 0.3) is 0 Å². The normalized spacial score (nSPS) is 24.0. The average Bonchev–Trinajstić information content (AvgIpc) is 3.01. The second-order valence-corrected chi connectivity index (χ2v) is 6.00. The number of carbonyl (C=O) groups excluding carboxylic acids is 1. The summed E-state index contributed by atoms with van der Waals surface area (Å²) in [5.74, 6) is 0.0133. The summed E-state index contributed by atoms with van der Waals surface area (Å²) in [6.45, 7) is 2.73. The molecule has 0 saturated carbocycles. The van der Waals surface area contributed by atoms with Crippen molar-refractivity contribution in [1.82, 2.24) is 5.32 Å². The van der Waals surface area contributed by atoms with Gasteiger partial charge in [-0.3, -0.25) is 4.79 Å². The number of amides is 1. The molecule has 0 spiro atoms. The van der Waals surface area contributed by atoms with E-state index in [9.17, 15) is 9.90 Å². The van der Waals surface area contributed by atoms with E-state index in [2.05, 4.69) is 5.32 Å². The highest BCUT2D eigenvalue weighted by Crippen LogP contribution is 2.22. The molecule has 1 aromatic rings. The first-order valence-electron chi connectivity index (χ1n) is 7.96. The third-order valence-corrected chi connectivity index (χ3v) is 4.08. The van der Waals surface area contributed by atoms with E-state index >= 15 is 0 Å². The molecule has 4 atom stereocenters. The summed E-state index contributed by atoms with van der Waals surface area (Å²) in [5, 5.41) is 12.6. The van der Waals surface area contributed by atoms with Gasteiger partial charge in [0, 0.05) is 19.0 Å². The highest BCUT2D eigenvalue weighted by molar-refractivity contribution is 5.81. The van der Waals surface area contributed by atoms with Crippen molar-refractivity contribution in [2.24, 2.45) is 5.73 Å². The van der Waals surface area contributed by atoms with E-state index in [0.29, 0.717) is 19.5 Å². The second-order valence-electron chi connectivity index (χ2n) is 6.00. The molecule has 1 fully saturated rings. The molecular weight excluding hydrogens is 280 g/mol. The molecule has 122 valence electrons. The van der Waals surface area contributed by atoms with Crippen LogP contribution in [0.25, 0.3) is 0 Å². The summed E-state index contributed by atoms with van der Waals surface area (Å²) < 4.78 is 5.61. The van der Waals surface area contributed by atoms with Crippen molar-refractivity contribution in [1.29, 1.82) is 0 Å². The molecule has 22 heavy (non-hydrogen) atoms. The predicted molar refractivity (Wildman–Crippen MR) is 85.4 cm³/mol. The molecule has 1 aliphatic rings. The zero-order valence-electron chi connectivity index (χ0n) is 13.1. The van der Waals surface area contributed by atoms with Crippen molar-refractivity contribution in [2.45, 2.75) is 50.4 Å². The molecule has 5 heteroatoms. The number of nitrogens with one attached hydrogen (secondary N) is 1. The Morgan fingerprint density at radius 1 is 1.41 bits per heavy atom. The van der Waals surface area contributed by atoms with E-state index < -0.39 is 12.2 Å². The molecule has 1 aliphatic heterocycles. The van der Waals surface area contributed by atoms with Gasteiger partial charge in [0.05, 0.1) is 12.2 Å². The Hall–Kier alpha value is -1.43. The number of nitrogens with two attached hydrogens (primary N) is 1. The standard InChI is InChI=1S/C17H26N2O3/c1-12(20)9-14(13-5-3-2-4-6-13)11-19-17(21)16-8-7-15(10-18)22-16/h2-6,12,14-16,20H,7-11,18H2,1H3,(H,19,21)/t12?,14?,15-,16+/m1/s1. The van der Waals surface area contributed by atoms with Gasteiger partial charge in [-0.1, -0.05) is 30.3 Å². The summed E-state index contributed by atoms with van der Waals surface area (Å²) in [5.41, 5.74) is 6.69. The molecule has 1 amide bonds. The lowest BCUT2D eigenvalue weighted by Gasteiger charge is -2.21. The zero-order valence-corrected chi connectivity index (χ0v) is 13.1. The number of benzene rings is 1. The quantitative estimate of drug-likeness (QED) is 0.706. The maximum absolute atomic E-state index is 12.2. The van der Waals surface area contributed by atoms with Crippen LogP contribution in [-0.2, 0) is 9.53 Å². The number of ether oxygens (including phenoxy) is 1. The zero-order chi connectivity index (χ0) is 15.9. The number of carbonyl (C=O) groups is 1. The van der Waals surface area contributed by atoms with Crippen molar-refractivity contribution in [3.63, 3.8) is 0 Å². The molecule has 0 radical (unpaired) electrons. The maximum Gasteiger partial charge on any atom is 0.249 e. The fourth-order valence-corrected chi connectivity index (χ4v) is 2.88. The van der Waals surface area contributed by atoms with Crippen LogP contribution in [0.3, 0.4) is 0 Å². The predicted octanol–water partition coefficient (Wildman–Crippen LogP) is 1.16. The lowest BCUT2D eigenvalue weighted by atomic mass is 9.93. The first kappa shape index (κ1) is 16.9.